The average molecular weight is 292 g/mol. The topological polar surface area (TPSA) is 49.7 Å². The van der Waals surface area contributed by atoms with Gasteiger partial charge in [-0.15, -0.1) is 11.8 Å². The summed E-state index contributed by atoms with van der Waals surface area (Å²) in [6.45, 7) is 0.407. The van der Waals surface area contributed by atoms with Gasteiger partial charge in [-0.1, -0.05) is 24.3 Å². The summed E-state index contributed by atoms with van der Waals surface area (Å²) in [7, 11) is -1.51. The van der Waals surface area contributed by atoms with E-state index in [1.807, 2.05) is 0 Å². The summed E-state index contributed by atoms with van der Waals surface area (Å²) >= 11 is 1.38. The number of hydrogen-bond acceptors (Lipinski definition) is 4. The molecule has 6 heteroatoms. The number of rotatable bonds is 6. The molecule has 0 spiro atoms. The smallest absolute Gasteiger partial charge is 0.488 e. The Kier molecular flexibility index (Phi) is 5.46. The maximum Gasteiger partial charge on any atom is 0.488 e. The number of benzene rings is 2. The average Bonchev–Trinajstić information content (AvgIpc) is 2.45. The molecule has 0 aliphatic heterocycles. The van der Waals surface area contributed by atoms with Crippen molar-refractivity contribution in [2.24, 2.45) is 0 Å². The summed E-state index contributed by atoms with van der Waals surface area (Å²) in [6.07, 6.45) is 0. The summed E-state index contributed by atoms with van der Waals surface area (Å²) < 4.78 is 18.9. The first-order chi connectivity index (χ1) is 9.66. The molecular weight excluding hydrogens is 278 g/mol. The molecule has 0 aliphatic carbocycles. The first-order valence-corrected chi connectivity index (χ1v) is 7.11. The molecule has 0 aromatic heterocycles. The third-order valence-corrected chi connectivity index (χ3v) is 3.62. The van der Waals surface area contributed by atoms with Crippen molar-refractivity contribution in [1.29, 1.82) is 0 Å². The van der Waals surface area contributed by atoms with E-state index in [1.54, 1.807) is 42.5 Å². The largest absolute Gasteiger partial charge is 0.493 e. The molecule has 0 atom stereocenters. The lowest BCUT2D eigenvalue weighted by Crippen LogP contribution is -2.29. The van der Waals surface area contributed by atoms with Gasteiger partial charge in [-0.25, -0.2) is 4.39 Å². The van der Waals surface area contributed by atoms with Gasteiger partial charge in [0.15, 0.2) is 0 Å². The molecular formula is C14H14BFO3S. The minimum Gasteiger partial charge on any atom is -0.493 e. The van der Waals surface area contributed by atoms with E-state index in [0.717, 1.165) is 0 Å². The van der Waals surface area contributed by atoms with E-state index in [4.69, 9.17) is 14.8 Å². The van der Waals surface area contributed by atoms with Crippen LogP contribution in [0.15, 0.2) is 53.4 Å². The molecule has 0 saturated carbocycles. The molecule has 0 saturated heterocycles. The molecule has 0 bridgehead atoms. The zero-order valence-corrected chi connectivity index (χ0v) is 11.5. The van der Waals surface area contributed by atoms with Gasteiger partial charge in [0.25, 0.3) is 0 Å². The van der Waals surface area contributed by atoms with Crippen LogP contribution in [0, 0.1) is 5.82 Å². The zero-order chi connectivity index (χ0) is 14.4. The van der Waals surface area contributed by atoms with E-state index < -0.39 is 7.12 Å². The van der Waals surface area contributed by atoms with Gasteiger partial charge in [0.1, 0.15) is 11.6 Å². The van der Waals surface area contributed by atoms with Crippen molar-refractivity contribution in [2.45, 2.75) is 4.90 Å². The highest BCUT2D eigenvalue weighted by Crippen LogP contribution is 2.21. The van der Waals surface area contributed by atoms with Crippen molar-refractivity contribution < 1.29 is 19.2 Å². The van der Waals surface area contributed by atoms with Crippen LogP contribution in [0.2, 0.25) is 0 Å². The van der Waals surface area contributed by atoms with E-state index in [9.17, 15) is 4.39 Å². The second kappa shape index (κ2) is 7.33. The van der Waals surface area contributed by atoms with E-state index in [0.29, 0.717) is 28.5 Å². The molecule has 0 unspecified atom stereocenters. The first-order valence-electron chi connectivity index (χ1n) is 6.13. The van der Waals surface area contributed by atoms with E-state index >= 15 is 0 Å². The van der Waals surface area contributed by atoms with Crippen LogP contribution in [-0.2, 0) is 0 Å². The molecule has 104 valence electrons. The standard InChI is InChI=1S/C14H14BFO3S/c16-13-6-1-2-7-14(13)20-9-8-19-12-5-3-4-11(10-12)15(17)18/h1-7,10,17-18H,8-9H2. The van der Waals surface area contributed by atoms with Gasteiger partial charge in [0.05, 0.1) is 6.61 Å². The van der Waals surface area contributed by atoms with E-state index in [2.05, 4.69) is 0 Å². The van der Waals surface area contributed by atoms with Crippen LogP contribution in [0.3, 0.4) is 0 Å². The van der Waals surface area contributed by atoms with Crippen LogP contribution in [-0.4, -0.2) is 29.5 Å². The molecule has 20 heavy (non-hydrogen) atoms. The Morgan fingerprint density at radius 2 is 1.90 bits per heavy atom. The zero-order valence-electron chi connectivity index (χ0n) is 10.7. The maximum atomic E-state index is 13.4. The Morgan fingerprint density at radius 1 is 1.10 bits per heavy atom. The Hall–Kier alpha value is -1.50. The Balaban J connectivity index is 1.82. The Bertz CT molecular complexity index is 566. The summed E-state index contributed by atoms with van der Waals surface area (Å²) in [5.41, 5.74) is 0.379. The fourth-order valence-corrected chi connectivity index (χ4v) is 2.41. The van der Waals surface area contributed by atoms with Gasteiger partial charge in [-0.3, -0.25) is 0 Å². The van der Waals surface area contributed by atoms with Crippen molar-refractivity contribution in [3.63, 3.8) is 0 Å². The van der Waals surface area contributed by atoms with Crippen molar-refractivity contribution in [3.8, 4) is 5.75 Å². The Labute approximate surface area is 121 Å². The summed E-state index contributed by atoms with van der Waals surface area (Å²) in [6, 6.07) is 13.2. The fourth-order valence-electron chi connectivity index (χ4n) is 1.64. The molecule has 0 fully saturated rings. The van der Waals surface area contributed by atoms with Gasteiger partial charge < -0.3 is 14.8 Å². The SMILES string of the molecule is OB(O)c1cccc(OCCSc2ccccc2F)c1. The summed E-state index contributed by atoms with van der Waals surface area (Å²) in [5, 5.41) is 18.1. The minimum absolute atomic E-state index is 0.233. The monoisotopic (exact) mass is 292 g/mol. The molecule has 2 aromatic rings. The van der Waals surface area contributed by atoms with Crippen LogP contribution in [0.1, 0.15) is 0 Å². The van der Waals surface area contributed by atoms with Crippen LogP contribution in [0.5, 0.6) is 5.75 Å². The highest BCUT2D eigenvalue weighted by Gasteiger charge is 2.11. The van der Waals surface area contributed by atoms with Crippen LogP contribution < -0.4 is 10.2 Å². The highest BCUT2D eigenvalue weighted by molar-refractivity contribution is 7.99. The number of ether oxygens (including phenoxy) is 1. The molecule has 2 rings (SSSR count). The van der Waals surface area contributed by atoms with Crippen LogP contribution in [0.4, 0.5) is 4.39 Å². The molecule has 0 radical (unpaired) electrons. The normalized spacial score (nSPS) is 10.3. The molecule has 0 heterocycles. The minimum atomic E-state index is -1.51. The number of hydrogen-bond donors (Lipinski definition) is 2. The van der Waals surface area contributed by atoms with Gasteiger partial charge in [-0.05, 0) is 29.7 Å². The molecule has 2 aromatic carbocycles. The quantitative estimate of drug-likeness (QED) is 0.483. The maximum absolute atomic E-state index is 13.4. The van der Waals surface area contributed by atoms with Gasteiger partial charge >= 0.3 is 7.12 Å². The lowest BCUT2D eigenvalue weighted by atomic mass is 9.80. The second-order valence-corrected chi connectivity index (χ2v) is 5.21. The first kappa shape index (κ1) is 14.9. The van der Waals surface area contributed by atoms with Crippen molar-refractivity contribution in [1.82, 2.24) is 0 Å². The van der Waals surface area contributed by atoms with Gasteiger partial charge in [0.2, 0.25) is 0 Å². The van der Waals surface area contributed by atoms with Gasteiger partial charge in [0, 0.05) is 10.6 Å². The summed E-state index contributed by atoms with van der Waals surface area (Å²) in [5.74, 6) is 0.931. The van der Waals surface area contributed by atoms with Crippen LogP contribution in [0.25, 0.3) is 0 Å². The van der Waals surface area contributed by atoms with Gasteiger partial charge in [-0.2, -0.15) is 0 Å². The molecule has 0 amide bonds. The number of halogens is 1. The lowest BCUT2D eigenvalue weighted by molar-refractivity contribution is 0.344. The number of thioether (sulfide) groups is 1. The Morgan fingerprint density at radius 3 is 2.65 bits per heavy atom. The van der Waals surface area contributed by atoms with E-state index in [1.165, 1.54) is 17.8 Å². The molecule has 0 aliphatic rings. The summed E-state index contributed by atoms with van der Waals surface area (Å²) in [4.78, 5) is 0.593. The molecule has 3 nitrogen and oxygen atoms in total. The fraction of sp³-hybridized carbons (Fsp3) is 0.143. The lowest BCUT2D eigenvalue weighted by Gasteiger charge is -2.08. The van der Waals surface area contributed by atoms with E-state index in [-0.39, 0.29) is 5.82 Å². The van der Waals surface area contributed by atoms with Crippen molar-refractivity contribution >= 4 is 24.3 Å². The molecule has 2 N–H and O–H groups in total. The third kappa shape index (κ3) is 4.26. The third-order valence-electron chi connectivity index (χ3n) is 2.60. The second-order valence-electron chi connectivity index (χ2n) is 4.07. The van der Waals surface area contributed by atoms with Crippen LogP contribution >= 0.6 is 11.8 Å². The van der Waals surface area contributed by atoms with Crippen molar-refractivity contribution in [2.75, 3.05) is 12.4 Å². The van der Waals surface area contributed by atoms with Crippen molar-refractivity contribution in [3.05, 3.63) is 54.3 Å². The highest BCUT2D eigenvalue weighted by atomic mass is 32.2. The predicted octanol–water partition coefficient (Wildman–Crippen LogP) is 1.68. The predicted molar refractivity (Wildman–Crippen MR) is 78.9 cm³/mol.